The molecule has 0 aliphatic carbocycles. The first-order valence-corrected chi connectivity index (χ1v) is 7.02. The summed E-state index contributed by atoms with van der Waals surface area (Å²) >= 11 is 0. The largest absolute Gasteiger partial charge is 0.497 e. The fraction of sp³-hybridized carbons (Fsp3) is 0.0769. The monoisotopic (exact) mass is 299 g/mol. The molecule has 0 aliphatic heterocycles. The van der Waals surface area contributed by atoms with Crippen molar-refractivity contribution in [1.82, 2.24) is 0 Å². The molecule has 2 rings (SSSR count). The van der Waals surface area contributed by atoms with E-state index in [0.29, 0.717) is 11.8 Å². The molecular formula is C13H11F2NO3S. The molecule has 0 atom stereocenters. The molecule has 106 valence electrons. The van der Waals surface area contributed by atoms with E-state index in [1.54, 1.807) is 12.1 Å². The highest BCUT2D eigenvalue weighted by Gasteiger charge is 2.19. The molecule has 0 spiro atoms. The van der Waals surface area contributed by atoms with Gasteiger partial charge in [0, 0.05) is 11.8 Å². The average molecular weight is 299 g/mol. The lowest BCUT2D eigenvalue weighted by molar-refractivity contribution is 0.415. The molecule has 0 bridgehead atoms. The van der Waals surface area contributed by atoms with Gasteiger partial charge in [-0.3, -0.25) is 4.72 Å². The molecule has 20 heavy (non-hydrogen) atoms. The van der Waals surface area contributed by atoms with Gasteiger partial charge in [-0.05, 0) is 36.4 Å². The standard InChI is InChI=1S/C13H11F2NO3S/c1-19-11-5-3-10(4-6-11)16-20(17,18)13-7-2-9(14)8-12(13)15/h2-8,16H,1H3. The first-order chi connectivity index (χ1) is 9.42. The van der Waals surface area contributed by atoms with E-state index in [4.69, 9.17) is 4.74 Å². The lowest BCUT2D eigenvalue weighted by Crippen LogP contribution is -2.14. The maximum Gasteiger partial charge on any atom is 0.264 e. The third-order valence-corrected chi connectivity index (χ3v) is 3.94. The second-order valence-electron chi connectivity index (χ2n) is 3.91. The molecule has 2 aromatic carbocycles. The Morgan fingerprint density at radius 2 is 1.70 bits per heavy atom. The van der Waals surface area contributed by atoms with Crippen LogP contribution in [0.1, 0.15) is 0 Å². The quantitative estimate of drug-likeness (QED) is 0.944. The van der Waals surface area contributed by atoms with Gasteiger partial charge >= 0.3 is 0 Å². The van der Waals surface area contributed by atoms with E-state index >= 15 is 0 Å². The molecule has 0 saturated heterocycles. The van der Waals surface area contributed by atoms with Crippen LogP contribution in [0.25, 0.3) is 0 Å². The van der Waals surface area contributed by atoms with Gasteiger partial charge in [0.1, 0.15) is 22.3 Å². The highest BCUT2D eigenvalue weighted by Crippen LogP contribution is 2.21. The van der Waals surface area contributed by atoms with Crippen molar-refractivity contribution >= 4 is 15.7 Å². The van der Waals surface area contributed by atoms with Crippen molar-refractivity contribution in [2.45, 2.75) is 4.90 Å². The highest BCUT2D eigenvalue weighted by atomic mass is 32.2. The fourth-order valence-electron chi connectivity index (χ4n) is 1.56. The molecule has 7 heteroatoms. The summed E-state index contributed by atoms with van der Waals surface area (Å²) in [4.78, 5) is -0.616. The zero-order valence-electron chi connectivity index (χ0n) is 10.4. The summed E-state index contributed by atoms with van der Waals surface area (Å²) in [5.41, 5.74) is 0.245. The van der Waals surface area contributed by atoms with Crippen molar-refractivity contribution in [3.63, 3.8) is 0 Å². The van der Waals surface area contributed by atoms with Crippen LogP contribution in [0.15, 0.2) is 47.4 Å². The number of hydrogen-bond acceptors (Lipinski definition) is 3. The van der Waals surface area contributed by atoms with E-state index in [1.807, 2.05) is 0 Å². The van der Waals surface area contributed by atoms with Gasteiger partial charge in [0.2, 0.25) is 0 Å². The third-order valence-electron chi connectivity index (χ3n) is 2.53. The van der Waals surface area contributed by atoms with Crippen LogP contribution in [0.4, 0.5) is 14.5 Å². The number of nitrogens with one attached hydrogen (secondary N) is 1. The Morgan fingerprint density at radius 1 is 1.05 bits per heavy atom. The number of hydrogen-bond donors (Lipinski definition) is 1. The Hall–Kier alpha value is -2.15. The van der Waals surface area contributed by atoms with Crippen LogP contribution in [0.5, 0.6) is 5.75 Å². The first-order valence-electron chi connectivity index (χ1n) is 5.54. The summed E-state index contributed by atoms with van der Waals surface area (Å²) in [6.07, 6.45) is 0. The van der Waals surface area contributed by atoms with Crippen molar-refractivity contribution in [3.05, 3.63) is 54.1 Å². The topological polar surface area (TPSA) is 55.4 Å². The number of ether oxygens (including phenoxy) is 1. The van der Waals surface area contributed by atoms with Crippen molar-refractivity contribution < 1.29 is 21.9 Å². The van der Waals surface area contributed by atoms with Crippen LogP contribution >= 0.6 is 0 Å². The molecule has 0 aliphatic rings. The molecule has 4 nitrogen and oxygen atoms in total. The van der Waals surface area contributed by atoms with Crippen LogP contribution in [-0.2, 0) is 10.0 Å². The van der Waals surface area contributed by atoms with Gasteiger partial charge in [-0.1, -0.05) is 0 Å². The highest BCUT2D eigenvalue weighted by molar-refractivity contribution is 7.92. The molecule has 0 heterocycles. The third kappa shape index (κ3) is 3.05. The predicted molar refractivity (Wildman–Crippen MR) is 70.2 cm³/mol. The Balaban J connectivity index is 2.30. The Morgan fingerprint density at radius 3 is 2.25 bits per heavy atom. The number of rotatable bonds is 4. The Labute approximate surface area is 115 Å². The minimum Gasteiger partial charge on any atom is -0.497 e. The summed E-state index contributed by atoms with van der Waals surface area (Å²) in [7, 11) is -2.63. The van der Waals surface area contributed by atoms with Crippen LogP contribution in [0, 0.1) is 11.6 Å². The van der Waals surface area contributed by atoms with Gasteiger partial charge in [-0.2, -0.15) is 0 Å². The van der Waals surface area contributed by atoms with Gasteiger partial charge in [0.05, 0.1) is 7.11 Å². The van der Waals surface area contributed by atoms with Crippen molar-refractivity contribution in [2.75, 3.05) is 11.8 Å². The molecule has 0 fully saturated rings. The average Bonchev–Trinajstić information content (AvgIpc) is 2.38. The SMILES string of the molecule is COc1ccc(NS(=O)(=O)c2ccc(F)cc2F)cc1. The normalized spacial score (nSPS) is 11.2. The van der Waals surface area contributed by atoms with E-state index in [1.165, 1.54) is 19.2 Å². The van der Waals surface area contributed by atoms with Crippen molar-refractivity contribution in [2.24, 2.45) is 0 Å². The summed E-state index contributed by atoms with van der Waals surface area (Å²) in [6.45, 7) is 0. The molecule has 0 saturated carbocycles. The number of anilines is 1. The second kappa shape index (κ2) is 5.46. The lowest BCUT2D eigenvalue weighted by atomic mass is 10.3. The molecule has 2 aromatic rings. The predicted octanol–water partition coefficient (Wildman–Crippen LogP) is 2.77. The summed E-state index contributed by atoms with van der Waals surface area (Å²) in [6, 6.07) is 8.32. The molecular weight excluding hydrogens is 288 g/mol. The minimum absolute atomic E-state index is 0.245. The van der Waals surface area contributed by atoms with Crippen molar-refractivity contribution in [1.29, 1.82) is 0 Å². The number of sulfonamides is 1. The van der Waals surface area contributed by atoms with Crippen LogP contribution in [0.2, 0.25) is 0 Å². The van der Waals surface area contributed by atoms with Gasteiger partial charge in [0.15, 0.2) is 0 Å². The molecule has 0 amide bonds. The maximum atomic E-state index is 13.5. The van der Waals surface area contributed by atoms with E-state index in [-0.39, 0.29) is 5.69 Å². The Kier molecular flexibility index (Phi) is 3.89. The zero-order chi connectivity index (χ0) is 14.8. The van der Waals surface area contributed by atoms with Gasteiger partial charge in [-0.25, -0.2) is 17.2 Å². The summed E-state index contributed by atoms with van der Waals surface area (Å²) in [5.74, 6) is -1.43. The molecule has 0 radical (unpaired) electrons. The van der Waals surface area contributed by atoms with Crippen LogP contribution < -0.4 is 9.46 Å². The maximum absolute atomic E-state index is 13.5. The Bertz CT molecular complexity index is 715. The van der Waals surface area contributed by atoms with E-state index < -0.39 is 26.6 Å². The van der Waals surface area contributed by atoms with Gasteiger partial charge in [-0.15, -0.1) is 0 Å². The smallest absolute Gasteiger partial charge is 0.264 e. The van der Waals surface area contributed by atoms with Crippen LogP contribution in [0.3, 0.4) is 0 Å². The van der Waals surface area contributed by atoms with E-state index in [9.17, 15) is 17.2 Å². The molecule has 0 aromatic heterocycles. The summed E-state index contributed by atoms with van der Waals surface area (Å²) in [5, 5.41) is 0. The van der Waals surface area contributed by atoms with Crippen molar-refractivity contribution in [3.8, 4) is 5.75 Å². The molecule has 0 unspecified atom stereocenters. The summed E-state index contributed by atoms with van der Waals surface area (Å²) < 4.78 is 57.4. The van der Waals surface area contributed by atoms with E-state index in [2.05, 4.69) is 4.72 Å². The fourth-order valence-corrected chi connectivity index (χ4v) is 2.68. The first kappa shape index (κ1) is 14.3. The minimum atomic E-state index is -4.11. The molecule has 1 N–H and O–H groups in total. The van der Waals surface area contributed by atoms with Gasteiger partial charge in [0.25, 0.3) is 10.0 Å². The van der Waals surface area contributed by atoms with E-state index in [0.717, 1.165) is 12.1 Å². The number of methoxy groups -OCH3 is 1. The second-order valence-corrected chi connectivity index (χ2v) is 5.56. The number of halogens is 2. The van der Waals surface area contributed by atoms with Gasteiger partial charge < -0.3 is 4.74 Å². The lowest BCUT2D eigenvalue weighted by Gasteiger charge is -2.09. The zero-order valence-corrected chi connectivity index (χ0v) is 11.2. The van der Waals surface area contributed by atoms with Crippen LogP contribution in [-0.4, -0.2) is 15.5 Å². The number of benzene rings is 2.